The molecule has 1 saturated carbocycles. The van der Waals surface area contributed by atoms with Crippen molar-refractivity contribution >= 4 is 33.8 Å². The van der Waals surface area contributed by atoms with Gasteiger partial charge in [-0.25, -0.2) is 0 Å². The molecule has 0 spiro atoms. The van der Waals surface area contributed by atoms with E-state index in [-0.39, 0.29) is 0 Å². The fourth-order valence-corrected chi connectivity index (χ4v) is 2.07. The van der Waals surface area contributed by atoms with Crippen LogP contribution in [-0.4, -0.2) is 16.1 Å². The number of thiocarbonyl (C=S) groups is 1. The third-order valence-electron chi connectivity index (χ3n) is 2.84. The third kappa shape index (κ3) is 2.36. The Morgan fingerprint density at radius 2 is 2.18 bits per heavy atom. The SMILES string of the molecule is S=C(Nc1cccc2ccncc12)NC1CC1. The second-order valence-corrected chi connectivity index (χ2v) is 4.68. The average Bonchev–Trinajstić information content (AvgIpc) is 3.13. The molecular formula is C13H13N3S. The van der Waals surface area contributed by atoms with Gasteiger partial charge < -0.3 is 10.6 Å². The smallest absolute Gasteiger partial charge is 0.171 e. The lowest BCUT2D eigenvalue weighted by Crippen LogP contribution is -2.30. The maximum Gasteiger partial charge on any atom is 0.171 e. The molecule has 0 saturated heterocycles. The van der Waals surface area contributed by atoms with Crippen molar-refractivity contribution in [2.45, 2.75) is 18.9 Å². The second-order valence-electron chi connectivity index (χ2n) is 4.28. The van der Waals surface area contributed by atoms with Crippen LogP contribution in [0.5, 0.6) is 0 Å². The molecule has 2 aromatic rings. The van der Waals surface area contributed by atoms with E-state index >= 15 is 0 Å². The molecule has 1 heterocycles. The van der Waals surface area contributed by atoms with Gasteiger partial charge in [-0.1, -0.05) is 12.1 Å². The van der Waals surface area contributed by atoms with Crippen LogP contribution in [0, 0.1) is 0 Å². The Morgan fingerprint density at radius 3 is 3.00 bits per heavy atom. The average molecular weight is 243 g/mol. The van der Waals surface area contributed by atoms with Crippen molar-refractivity contribution in [1.82, 2.24) is 10.3 Å². The first-order valence-electron chi connectivity index (χ1n) is 5.73. The van der Waals surface area contributed by atoms with Gasteiger partial charge in [0.2, 0.25) is 0 Å². The molecule has 1 aromatic heterocycles. The van der Waals surface area contributed by atoms with Gasteiger partial charge in [-0.05, 0) is 42.6 Å². The summed E-state index contributed by atoms with van der Waals surface area (Å²) in [7, 11) is 0. The lowest BCUT2D eigenvalue weighted by Gasteiger charge is -2.11. The maximum absolute atomic E-state index is 5.27. The van der Waals surface area contributed by atoms with Crippen LogP contribution >= 0.6 is 12.2 Å². The van der Waals surface area contributed by atoms with Gasteiger partial charge in [0.15, 0.2) is 5.11 Å². The van der Waals surface area contributed by atoms with E-state index in [1.54, 1.807) is 6.20 Å². The molecule has 0 unspecified atom stereocenters. The minimum atomic E-state index is 0.572. The number of rotatable bonds is 2. The van der Waals surface area contributed by atoms with Crippen LogP contribution in [-0.2, 0) is 0 Å². The molecule has 4 heteroatoms. The highest BCUT2D eigenvalue weighted by molar-refractivity contribution is 7.80. The van der Waals surface area contributed by atoms with Crippen molar-refractivity contribution in [2.75, 3.05) is 5.32 Å². The van der Waals surface area contributed by atoms with Crippen molar-refractivity contribution in [3.05, 3.63) is 36.7 Å². The number of anilines is 1. The molecule has 0 radical (unpaired) electrons. The Kier molecular flexibility index (Phi) is 2.65. The predicted molar refractivity (Wildman–Crippen MR) is 74.1 cm³/mol. The molecule has 1 aromatic carbocycles. The van der Waals surface area contributed by atoms with Gasteiger partial charge in [0.05, 0.1) is 0 Å². The van der Waals surface area contributed by atoms with Crippen LogP contribution in [0.25, 0.3) is 10.8 Å². The van der Waals surface area contributed by atoms with E-state index in [0.717, 1.165) is 11.1 Å². The topological polar surface area (TPSA) is 37.0 Å². The fourth-order valence-electron chi connectivity index (χ4n) is 1.79. The summed E-state index contributed by atoms with van der Waals surface area (Å²) in [6, 6.07) is 8.68. The first-order chi connectivity index (χ1) is 8.33. The quantitative estimate of drug-likeness (QED) is 0.795. The first kappa shape index (κ1) is 10.5. The van der Waals surface area contributed by atoms with Crippen LogP contribution in [0.1, 0.15) is 12.8 Å². The number of pyridine rings is 1. The molecule has 1 aliphatic rings. The van der Waals surface area contributed by atoms with Gasteiger partial charge in [0, 0.05) is 29.5 Å². The van der Waals surface area contributed by atoms with E-state index < -0.39 is 0 Å². The van der Waals surface area contributed by atoms with Crippen molar-refractivity contribution in [3.8, 4) is 0 Å². The lowest BCUT2D eigenvalue weighted by molar-refractivity contribution is 0.919. The minimum absolute atomic E-state index is 0.572. The molecule has 3 nitrogen and oxygen atoms in total. The normalized spacial score (nSPS) is 14.6. The van der Waals surface area contributed by atoms with E-state index in [0.29, 0.717) is 11.2 Å². The monoisotopic (exact) mass is 243 g/mol. The number of hydrogen-bond donors (Lipinski definition) is 2. The molecule has 17 heavy (non-hydrogen) atoms. The summed E-state index contributed by atoms with van der Waals surface area (Å²) in [6.45, 7) is 0. The van der Waals surface area contributed by atoms with E-state index in [9.17, 15) is 0 Å². The Bertz CT molecular complexity index is 558. The molecule has 0 atom stereocenters. The number of fused-ring (bicyclic) bond motifs is 1. The van der Waals surface area contributed by atoms with Crippen LogP contribution < -0.4 is 10.6 Å². The summed E-state index contributed by atoms with van der Waals surface area (Å²) in [6.07, 6.45) is 6.10. The van der Waals surface area contributed by atoms with Crippen LogP contribution in [0.4, 0.5) is 5.69 Å². The van der Waals surface area contributed by atoms with Gasteiger partial charge in [0.1, 0.15) is 0 Å². The number of nitrogens with one attached hydrogen (secondary N) is 2. The summed E-state index contributed by atoms with van der Waals surface area (Å²) in [5, 5.41) is 9.46. The van der Waals surface area contributed by atoms with E-state index in [1.807, 2.05) is 24.4 Å². The predicted octanol–water partition coefficient (Wildman–Crippen LogP) is 2.68. The van der Waals surface area contributed by atoms with E-state index in [4.69, 9.17) is 12.2 Å². The Balaban J connectivity index is 1.86. The number of hydrogen-bond acceptors (Lipinski definition) is 2. The van der Waals surface area contributed by atoms with Gasteiger partial charge in [-0.2, -0.15) is 0 Å². The second kappa shape index (κ2) is 4.30. The van der Waals surface area contributed by atoms with E-state index in [1.165, 1.54) is 18.2 Å². The lowest BCUT2D eigenvalue weighted by atomic mass is 10.1. The van der Waals surface area contributed by atoms with Crippen molar-refractivity contribution in [1.29, 1.82) is 0 Å². The van der Waals surface area contributed by atoms with E-state index in [2.05, 4.69) is 21.7 Å². The summed E-state index contributed by atoms with van der Waals surface area (Å²) in [4.78, 5) is 4.15. The molecule has 0 bridgehead atoms. The van der Waals surface area contributed by atoms with Crippen LogP contribution in [0.3, 0.4) is 0 Å². The number of benzene rings is 1. The highest BCUT2D eigenvalue weighted by atomic mass is 32.1. The van der Waals surface area contributed by atoms with Gasteiger partial charge in [-0.15, -0.1) is 0 Å². The standard InChI is InChI=1S/C13H13N3S/c17-13(15-10-4-5-10)16-12-3-1-2-9-6-7-14-8-11(9)12/h1-3,6-8,10H,4-5H2,(H2,15,16,17). The molecule has 0 amide bonds. The van der Waals surface area contributed by atoms with Gasteiger partial charge in [0.25, 0.3) is 0 Å². The number of aromatic nitrogens is 1. The zero-order chi connectivity index (χ0) is 11.7. The number of nitrogens with zero attached hydrogens (tertiary/aromatic N) is 1. The zero-order valence-corrected chi connectivity index (χ0v) is 10.1. The molecular weight excluding hydrogens is 230 g/mol. The molecule has 0 aliphatic heterocycles. The minimum Gasteiger partial charge on any atom is -0.360 e. The summed E-state index contributed by atoms with van der Waals surface area (Å²) in [5.41, 5.74) is 1.01. The summed E-state index contributed by atoms with van der Waals surface area (Å²) >= 11 is 5.27. The Hall–Kier alpha value is -1.68. The third-order valence-corrected chi connectivity index (χ3v) is 3.06. The van der Waals surface area contributed by atoms with Gasteiger partial charge in [-0.3, -0.25) is 4.98 Å². The van der Waals surface area contributed by atoms with Crippen molar-refractivity contribution < 1.29 is 0 Å². The Labute approximate surface area is 105 Å². The fraction of sp³-hybridized carbons (Fsp3) is 0.231. The highest BCUT2D eigenvalue weighted by Crippen LogP contribution is 2.23. The summed E-state index contributed by atoms with van der Waals surface area (Å²) < 4.78 is 0. The maximum atomic E-state index is 5.27. The van der Waals surface area contributed by atoms with Crippen molar-refractivity contribution in [3.63, 3.8) is 0 Å². The van der Waals surface area contributed by atoms with Crippen LogP contribution in [0.15, 0.2) is 36.7 Å². The molecule has 1 fully saturated rings. The summed E-state index contributed by atoms with van der Waals surface area (Å²) in [5.74, 6) is 0. The molecule has 86 valence electrons. The Morgan fingerprint density at radius 1 is 1.29 bits per heavy atom. The molecule has 2 N–H and O–H groups in total. The molecule has 3 rings (SSSR count). The first-order valence-corrected chi connectivity index (χ1v) is 6.14. The largest absolute Gasteiger partial charge is 0.360 e. The van der Waals surface area contributed by atoms with Crippen LogP contribution in [0.2, 0.25) is 0 Å². The zero-order valence-electron chi connectivity index (χ0n) is 9.31. The van der Waals surface area contributed by atoms with Gasteiger partial charge >= 0.3 is 0 Å². The molecule has 1 aliphatic carbocycles. The van der Waals surface area contributed by atoms with Crippen molar-refractivity contribution in [2.24, 2.45) is 0 Å². The highest BCUT2D eigenvalue weighted by Gasteiger charge is 2.21.